The van der Waals surface area contributed by atoms with Crippen LogP contribution in [-0.2, 0) is 4.79 Å². The highest BCUT2D eigenvalue weighted by Gasteiger charge is 2.08. The summed E-state index contributed by atoms with van der Waals surface area (Å²) in [6.45, 7) is 0. The smallest absolute Gasteiger partial charge is 0.248 e. The van der Waals surface area contributed by atoms with Crippen LogP contribution < -0.4 is 24.3 Å². The minimum atomic E-state index is -0.309. The van der Waals surface area contributed by atoms with E-state index < -0.39 is 0 Å². The van der Waals surface area contributed by atoms with Crippen molar-refractivity contribution in [3.8, 4) is 23.0 Å². The second-order valence-corrected chi connectivity index (χ2v) is 5.00. The van der Waals surface area contributed by atoms with Crippen molar-refractivity contribution in [1.29, 1.82) is 0 Å². The van der Waals surface area contributed by atoms with Gasteiger partial charge < -0.3 is 24.3 Å². The largest absolute Gasteiger partial charge is 0.497 e. The standard InChI is InChI=1S/C19H21NO5/c1-22-14-6-8-17(24-3)13(11-14)5-10-19(21)20-16-12-15(23-2)7-9-18(16)25-4/h5-12H,1-4H3,(H,20,21)/b10-5+. The lowest BCUT2D eigenvalue weighted by Gasteiger charge is -2.10. The van der Waals surface area contributed by atoms with Crippen molar-refractivity contribution in [2.75, 3.05) is 33.8 Å². The zero-order valence-electron chi connectivity index (χ0n) is 14.7. The van der Waals surface area contributed by atoms with E-state index in [0.29, 0.717) is 28.7 Å². The van der Waals surface area contributed by atoms with E-state index in [4.69, 9.17) is 18.9 Å². The maximum Gasteiger partial charge on any atom is 0.248 e. The SMILES string of the molecule is COc1ccc(OC)c(/C=C/C(=O)Nc2cc(OC)ccc2OC)c1. The van der Waals surface area contributed by atoms with Gasteiger partial charge in [-0.05, 0) is 36.4 Å². The van der Waals surface area contributed by atoms with Crippen LogP contribution in [0.15, 0.2) is 42.5 Å². The lowest BCUT2D eigenvalue weighted by atomic mass is 10.1. The molecule has 0 spiro atoms. The first-order chi connectivity index (χ1) is 12.1. The molecular formula is C19H21NO5. The molecule has 25 heavy (non-hydrogen) atoms. The van der Waals surface area contributed by atoms with Crippen LogP contribution in [0.1, 0.15) is 5.56 Å². The Hall–Kier alpha value is -3.15. The zero-order chi connectivity index (χ0) is 18.2. The summed E-state index contributed by atoms with van der Waals surface area (Å²) in [6, 6.07) is 10.5. The summed E-state index contributed by atoms with van der Waals surface area (Å²) in [5.74, 6) is 2.17. The summed E-state index contributed by atoms with van der Waals surface area (Å²) in [5.41, 5.74) is 1.25. The third kappa shape index (κ3) is 4.67. The Morgan fingerprint density at radius 3 is 2.04 bits per heavy atom. The summed E-state index contributed by atoms with van der Waals surface area (Å²) in [4.78, 5) is 12.2. The van der Waals surface area contributed by atoms with Crippen LogP contribution in [0.4, 0.5) is 5.69 Å². The van der Waals surface area contributed by atoms with Gasteiger partial charge in [-0.2, -0.15) is 0 Å². The van der Waals surface area contributed by atoms with Crippen molar-refractivity contribution < 1.29 is 23.7 Å². The number of ether oxygens (including phenoxy) is 4. The predicted molar refractivity (Wildman–Crippen MR) is 96.8 cm³/mol. The molecule has 6 nitrogen and oxygen atoms in total. The third-order valence-corrected chi connectivity index (χ3v) is 3.52. The molecule has 0 aromatic heterocycles. The average molecular weight is 343 g/mol. The monoisotopic (exact) mass is 343 g/mol. The van der Waals surface area contributed by atoms with Crippen molar-refractivity contribution in [1.82, 2.24) is 0 Å². The van der Waals surface area contributed by atoms with Crippen LogP contribution in [0.2, 0.25) is 0 Å². The molecule has 6 heteroatoms. The molecule has 1 N–H and O–H groups in total. The number of rotatable bonds is 7. The Morgan fingerprint density at radius 2 is 1.44 bits per heavy atom. The van der Waals surface area contributed by atoms with E-state index >= 15 is 0 Å². The average Bonchev–Trinajstić information content (AvgIpc) is 2.65. The highest BCUT2D eigenvalue weighted by atomic mass is 16.5. The highest BCUT2D eigenvalue weighted by molar-refractivity contribution is 6.03. The van der Waals surface area contributed by atoms with Gasteiger partial charge in [0.05, 0.1) is 34.1 Å². The molecule has 1 amide bonds. The molecule has 0 unspecified atom stereocenters. The molecule has 0 heterocycles. The number of anilines is 1. The molecule has 0 aliphatic carbocycles. The van der Waals surface area contributed by atoms with E-state index in [-0.39, 0.29) is 5.91 Å². The second-order valence-electron chi connectivity index (χ2n) is 5.00. The van der Waals surface area contributed by atoms with Crippen LogP contribution in [0.5, 0.6) is 23.0 Å². The fourth-order valence-electron chi connectivity index (χ4n) is 2.22. The maximum absolute atomic E-state index is 12.2. The van der Waals surface area contributed by atoms with E-state index in [9.17, 15) is 4.79 Å². The molecule has 2 aromatic carbocycles. The predicted octanol–water partition coefficient (Wildman–Crippen LogP) is 3.37. The van der Waals surface area contributed by atoms with Gasteiger partial charge in [0.2, 0.25) is 5.91 Å². The molecule has 0 atom stereocenters. The number of carbonyl (C=O) groups excluding carboxylic acids is 1. The summed E-state index contributed by atoms with van der Waals surface area (Å²) >= 11 is 0. The summed E-state index contributed by atoms with van der Waals surface area (Å²) < 4.78 is 20.9. The van der Waals surface area contributed by atoms with Crippen molar-refractivity contribution >= 4 is 17.7 Å². The Bertz CT molecular complexity index is 770. The first kappa shape index (κ1) is 18.2. The number of nitrogens with one attached hydrogen (secondary N) is 1. The molecule has 2 aromatic rings. The van der Waals surface area contributed by atoms with Crippen molar-refractivity contribution in [2.45, 2.75) is 0 Å². The van der Waals surface area contributed by atoms with Gasteiger partial charge in [-0.15, -0.1) is 0 Å². The van der Waals surface area contributed by atoms with E-state index in [2.05, 4.69) is 5.32 Å². The summed E-state index contributed by atoms with van der Waals surface area (Å²) in [6.07, 6.45) is 3.07. The molecular weight excluding hydrogens is 322 g/mol. The van der Waals surface area contributed by atoms with Crippen molar-refractivity contribution in [2.24, 2.45) is 0 Å². The minimum Gasteiger partial charge on any atom is -0.497 e. The number of carbonyl (C=O) groups is 1. The zero-order valence-corrected chi connectivity index (χ0v) is 14.7. The van der Waals surface area contributed by atoms with Crippen LogP contribution in [-0.4, -0.2) is 34.3 Å². The molecule has 0 fully saturated rings. The lowest BCUT2D eigenvalue weighted by molar-refractivity contribution is -0.111. The van der Waals surface area contributed by atoms with Crippen LogP contribution in [0.25, 0.3) is 6.08 Å². The number of hydrogen-bond acceptors (Lipinski definition) is 5. The molecule has 0 aliphatic rings. The van der Waals surface area contributed by atoms with Crippen LogP contribution >= 0.6 is 0 Å². The van der Waals surface area contributed by atoms with Gasteiger partial charge >= 0.3 is 0 Å². The molecule has 0 radical (unpaired) electrons. The van der Waals surface area contributed by atoms with E-state index in [0.717, 1.165) is 5.56 Å². The van der Waals surface area contributed by atoms with Gasteiger partial charge in [0.15, 0.2) is 0 Å². The summed E-state index contributed by atoms with van der Waals surface area (Å²) in [7, 11) is 6.24. The molecule has 132 valence electrons. The van der Waals surface area contributed by atoms with Gasteiger partial charge in [-0.1, -0.05) is 0 Å². The topological polar surface area (TPSA) is 66.0 Å². The van der Waals surface area contributed by atoms with Gasteiger partial charge in [-0.3, -0.25) is 4.79 Å². The number of benzene rings is 2. The van der Waals surface area contributed by atoms with Crippen molar-refractivity contribution in [3.63, 3.8) is 0 Å². The Kier molecular flexibility index (Phi) is 6.28. The first-order valence-corrected chi connectivity index (χ1v) is 7.54. The minimum absolute atomic E-state index is 0.309. The molecule has 0 saturated heterocycles. The van der Waals surface area contributed by atoms with Gasteiger partial charge in [0, 0.05) is 17.7 Å². The van der Waals surface area contributed by atoms with Gasteiger partial charge in [-0.25, -0.2) is 0 Å². The van der Waals surface area contributed by atoms with E-state index in [1.54, 1.807) is 63.8 Å². The Balaban J connectivity index is 2.19. The Labute approximate surface area is 147 Å². The van der Waals surface area contributed by atoms with Crippen molar-refractivity contribution in [3.05, 3.63) is 48.0 Å². The third-order valence-electron chi connectivity index (χ3n) is 3.52. The number of hydrogen-bond donors (Lipinski definition) is 1. The van der Waals surface area contributed by atoms with E-state index in [1.165, 1.54) is 13.2 Å². The molecule has 0 saturated carbocycles. The van der Waals surface area contributed by atoms with Gasteiger partial charge in [0.25, 0.3) is 0 Å². The molecule has 0 aliphatic heterocycles. The normalized spacial score (nSPS) is 10.4. The summed E-state index contributed by atoms with van der Waals surface area (Å²) in [5, 5.41) is 2.77. The van der Waals surface area contributed by atoms with E-state index in [1.807, 2.05) is 0 Å². The molecule has 2 rings (SSSR count). The quantitative estimate of drug-likeness (QED) is 0.781. The maximum atomic E-state index is 12.2. The first-order valence-electron chi connectivity index (χ1n) is 7.54. The highest BCUT2D eigenvalue weighted by Crippen LogP contribution is 2.29. The van der Waals surface area contributed by atoms with Crippen LogP contribution in [0, 0.1) is 0 Å². The number of amides is 1. The number of methoxy groups -OCH3 is 4. The second kappa shape index (κ2) is 8.63. The Morgan fingerprint density at radius 1 is 0.840 bits per heavy atom. The fourth-order valence-corrected chi connectivity index (χ4v) is 2.22. The van der Waals surface area contributed by atoms with Crippen LogP contribution in [0.3, 0.4) is 0 Å². The molecule has 0 bridgehead atoms. The lowest BCUT2D eigenvalue weighted by Crippen LogP contribution is -2.09. The fraction of sp³-hybridized carbons (Fsp3) is 0.211. The van der Waals surface area contributed by atoms with Gasteiger partial charge in [0.1, 0.15) is 23.0 Å².